The zero-order valence-corrected chi connectivity index (χ0v) is 10.7. The van der Waals surface area contributed by atoms with E-state index < -0.39 is 27.5 Å². The standard InChI is InChI=1S/C11H14N2O4S/c1-2-12-11(15)13-10(14)8-18(16,17)9-6-4-3-5-7-9/h3-7H,2,8H2,1H3,(H2,12,13,14,15). The van der Waals surface area contributed by atoms with Gasteiger partial charge in [-0.15, -0.1) is 0 Å². The van der Waals surface area contributed by atoms with Gasteiger partial charge in [0, 0.05) is 6.54 Å². The first kappa shape index (κ1) is 14.2. The minimum atomic E-state index is -3.71. The molecule has 0 saturated heterocycles. The van der Waals surface area contributed by atoms with Crippen molar-refractivity contribution in [3.63, 3.8) is 0 Å². The molecule has 0 aliphatic rings. The van der Waals surface area contributed by atoms with Crippen LogP contribution in [0.15, 0.2) is 35.2 Å². The summed E-state index contributed by atoms with van der Waals surface area (Å²) in [5.41, 5.74) is 0. The molecule has 0 heterocycles. The molecule has 18 heavy (non-hydrogen) atoms. The van der Waals surface area contributed by atoms with Crippen molar-refractivity contribution < 1.29 is 18.0 Å². The molecule has 7 heteroatoms. The molecule has 0 aliphatic heterocycles. The molecule has 0 aliphatic carbocycles. The fourth-order valence-electron chi connectivity index (χ4n) is 1.25. The first-order chi connectivity index (χ1) is 8.45. The van der Waals surface area contributed by atoms with Crippen molar-refractivity contribution in [3.05, 3.63) is 30.3 Å². The molecule has 0 radical (unpaired) electrons. The van der Waals surface area contributed by atoms with Gasteiger partial charge in [-0.25, -0.2) is 13.2 Å². The number of sulfone groups is 1. The predicted octanol–water partition coefficient (Wildman–Crippen LogP) is 0.306. The van der Waals surface area contributed by atoms with Gasteiger partial charge in [0.2, 0.25) is 5.91 Å². The maximum absolute atomic E-state index is 11.8. The Kier molecular flexibility index (Phi) is 4.85. The zero-order valence-electron chi connectivity index (χ0n) is 9.84. The molecule has 0 saturated carbocycles. The highest BCUT2D eigenvalue weighted by molar-refractivity contribution is 7.92. The summed E-state index contributed by atoms with van der Waals surface area (Å²) in [6.45, 7) is 2.04. The van der Waals surface area contributed by atoms with Crippen molar-refractivity contribution in [2.24, 2.45) is 0 Å². The number of carbonyl (C=O) groups excluding carboxylic acids is 2. The number of hydrogen-bond acceptors (Lipinski definition) is 4. The van der Waals surface area contributed by atoms with Gasteiger partial charge in [-0.1, -0.05) is 18.2 Å². The highest BCUT2D eigenvalue weighted by Crippen LogP contribution is 2.09. The Morgan fingerprint density at radius 1 is 1.17 bits per heavy atom. The lowest BCUT2D eigenvalue weighted by Gasteiger charge is -2.05. The smallest absolute Gasteiger partial charge is 0.321 e. The number of rotatable bonds is 4. The van der Waals surface area contributed by atoms with Crippen LogP contribution in [-0.4, -0.2) is 32.7 Å². The van der Waals surface area contributed by atoms with Crippen LogP contribution < -0.4 is 10.6 Å². The number of urea groups is 1. The van der Waals surface area contributed by atoms with Gasteiger partial charge < -0.3 is 5.32 Å². The third kappa shape index (κ3) is 4.17. The van der Waals surface area contributed by atoms with Crippen molar-refractivity contribution in [3.8, 4) is 0 Å². The second-order valence-electron chi connectivity index (χ2n) is 3.48. The third-order valence-electron chi connectivity index (χ3n) is 2.01. The highest BCUT2D eigenvalue weighted by atomic mass is 32.2. The molecule has 0 atom stereocenters. The predicted molar refractivity (Wildman–Crippen MR) is 65.7 cm³/mol. The molecular weight excluding hydrogens is 256 g/mol. The quantitative estimate of drug-likeness (QED) is 0.823. The van der Waals surface area contributed by atoms with Gasteiger partial charge in [0.05, 0.1) is 4.90 Å². The van der Waals surface area contributed by atoms with E-state index in [0.29, 0.717) is 6.54 Å². The molecule has 6 nitrogen and oxygen atoms in total. The van der Waals surface area contributed by atoms with Gasteiger partial charge in [0.25, 0.3) is 0 Å². The maximum atomic E-state index is 11.8. The minimum Gasteiger partial charge on any atom is -0.338 e. The Hall–Kier alpha value is -1.89. The van der Waals surface area contributed by atoms with E-state index in [0.717, 1.165) is 0 Å². The van der Waals surface area contributed by atoms with E-state index in [-0.39, 0.29) is 4.90 Å². The number of nitrogens with one attached hydrogen (secondary N) is 2. The lowest BCUT2D eigenvalue weighted by molar-refractivity contribution is -0.117. The molecule has 2 N–H and O–H groups in total. The Bertz CT molecular complexity index is 525. The van der Waals surface area contributed by atoms with Crippen LogP contribution in [0.1, 0.15) is 6.92 Å². The van der Waals surface area contributed by atoms with Gasteiger partial charge in [0.1, 0.15) is 5.75 Å². The lowest BCUT2D eigenvalue weighted by atomic mass is 10.4. The molecule has 0 unspecified atom stereocenters. The van der Waals surface area contributed by atoms with Crippen molar-refractivity contribution in [1.82, 2.24) is 10.6 Å². The van der Waals surface area contributed by atoms with Crippen molar-refractivity contribution >= 4 is 21.8 Å². The van der Waals surface area contributed by atoms with E-state index >= 15 is 0 Å². The molecule has 0 aromatic heterocycles. The van der Waals surface area contributed by atoms with E-state index in [1.807, 2.05) is 5.32 Å². The molecule has 0 bridgehead atoms. The topological polar surface area (TPSA) is 92.3 Å². The van der Waals surface area contributed by atoms with Crippen LogP contribution in [-0.2, 0) is 14.6 Å². The van der Waals surface area contributed by atoms with Crippen LogP contribution >= 0.6 is 0 Å². The zero-order chi connectivity index (χ0) is 13.6. The van der Waals surface area contributed by atoms with Crippen LogP contribution in [0.5, 0.6) is 0 Å². The Balaban J connectivity index is 2.67. The fourth-order valence-corrected chi connectivity index (χ4v) is 2.41. The Labute approximate surface area is 105 Å². The van der Waals surface area contributed by atoms with E-state index in [1.54, 1.807) is 25.1 Å². The summed E-state index contributed by atoms with van der Waals surface area (Å²) in [6, 6.07) is 6.89. The summed E-state index contributed by atoms with van der Waals surface area (Å²) in [6.07, 6.45) is 0. The largest absolute Gasteiger partial charge is 0.338 e. The summed E-state index contributed by atoms with van der Waals surface area (Å²) in [7, 11) is -3.71. The number of imide groups is 1. The number of amides is 3. The van der Waals surface area contributed by atoms with Gasteiger partial charge in [-0.3, -0.25) is 10.1 Å². The second-order valence-corrected chi connectivity index (χ2v) is 5.47. The van der Waals surface area contributed by atoms with E-state index in [9.17, 15) is 18.0 Å². The van der Waals surface area contributed by atoms with E-state index in [4.69, 9.17) is 0 Å². The summed E-state index contributed by atoms with van der Waals surface area (Å²) in [5, 5.41) is 4.27. The van der Waals surface area contributed by atoms with Gasteiger partial charge in [-0.05, 0) is 19.1 Å². The molecule has 0 spiro atoms. The summed E-state index contributed by atoms with van der Waals surface area (Å²) >= 11 is 0. The Morgan fingerprint density at radius 2 is 1.78 bits per heavy atom. The maximum Gasteiger partial charge on any atom is 0.321 e. The summed E-state index contributed by atoms with van der Waals surface area (Å²) in [5.74, 6) is -1.61. The van der Waals surface area contributed by atoms with Crippen LogP contribution in [0, 0.1) is 0 Å². The molecule has 1 aromatic carbocycles. The number of benzene rings is 1. The van der Waals surface area contributed by atoms with Crippen LogP contribution in [0.25, 0.3) is 0 Å². The van der Waals surface area contributed by atoms with Gasteiger partial charge in [-0.2, -0.15) is 0 Å². The summed E-state index contributed by atoms with van der Waals surface area (Å²) < 4.78 is 23.6. The molecular formula is C11H14N2O4S. The molecule has 3 amide bonds. The Morgan fingerprint density at radius 3 is 2.33 bits per heavy atom. The van der Waals surface area contributed by atoms with E-state index in [2.05, 4.69) is 5.32 Å². The normalized spacial score (nSPS) is 10.7. The fraction of sp³-hybridized carbons (Fsp3) is 0.273. The average molecular weight is 270 g/mol. The van der Waals surface area contributed by atoms with Crippen LogP contribution in [0.3, 0.4) is 0 Å². The first-order valence-electron chi connectivity index (χ1n) is 5.31. The van der Waals surface area contributed by atoms with Crippen molar-refractivity contribution in [2.45, 2.75) is 11.8 Å². The highest BCUT2D eigenvalue weighted by Gasteiger charge is 2.20. The van der Waals surface area contributed by atoms with Gasteiger partial charge in [0.15, 0.2) is 9.84 Å². The molecule has 1 rings (SSSR count). The number of hydrogen-bond donors (Lipinski definition) is 2. The number of carbonyl (C=O) groups is 2. The monoisotopic (exact) mass is 270 g/mol. The molecule has 1 aromatic rings. The van der Waals surface area contributed by atoms with Crippen molar-refractivity contribution in [2.75, 3.05) is 12.3 Å². The SMILES string of the molecule is CCNC(=O)NC(=O)CS(=O)(=O)c1ccccc1. The van der Waals surface area contributed by atoms with Gasteiger partial charge >= 0.3 is 6.03 Å². The minimum absolute atomic E-state index is 0.0519. The van der Waals surface area contributed by atoms with Crippen molar-refractivity contribution in [1.29, 1.82) is 0 Å². The third-order valence-corrected chi connectivity index (χ3v) is 3.65. The van der Waals surface area contributed by atoms with Crippen LogP contribution in [0.4, 0.5) is 4.79 Å². The lowest BCUT2D eigenvalue weighted by Crippen LogP contribution is -2.41. The second kappa shape index (κ2) is 6.15. The first-order valence-corrected chi connectivity index (χ1v) is 6.96. The molecule has 98 valence electrons. The molecule has 0 fully saturated rings. The average Bonchev–Trinajstić information content (AvgIpc) is 2.29. The van der Waals surface area contributed by atoms with Crippen LogP contribution in [0.2, 0.25) is 0 Å². The van der Waals surface area contributed by atoms with E-state index in [1.165, 1.54) is 12.1 Å². The summed E-state index contributed by atoms with van der Waals surface area (Å²) in [4.78, 5) is 22.5.